The Morgan fingerprint density at radius 1 is 1.31 bits per heavy atom. The predicted molar refractivity (Wildman–Crippen MR) is 58.2 cm³/mol. The van der Waals surface area contributed by atoms with Gasteiger partial charge in [-0.15, -0.1) is 0 Å². The van der Waals surface area contributed by atoms with Crippen LogP contribution in [0.15, 0.2) is 12.1 Å². The number of hydrogen-bond donors (Lipinski definition) is 1. The highest BCUT2D eigenvalue weighted by atomic mass is 16.5. The number of phenolic OH excluding ortho intramolecular Hbond substituents is 1. The number of ether oxygens (including phenoxy) is 2. The van der Waals surface area contributed by atoms with Gasteiger partial charge in [0.25, 0.3) is 0 Å². The van der Waals surface area contributed by atoms with Gasteiger partial charge in [0.2, 0.25) is 0 Å². The van der Waals surface area contributed by atoms with Crippen molar-refractivity contribution in [2.75, 3.05) is 14.2 Å². The van der Waals surface area contributed by atoms with Gasteiger partial charge < -0.3 is 14.6 Å². The third kappa shape index (κ3) is 1.60. The first-order valence-corrected chi connectivity index (χ1v) is 5.15. The summed E-state index contributed by atoms with van der Waals surface area (Å²) in [5.41, 5.74) is 0.583. The average molecular weight is 222 g/mol. The van der Waals surface area contributed by atoms with Crippen LogP contribution in [0.25, 0.3) is 0 Å². The van der Waals surface area contributed by atoms with Gasteiger partial charge in [0.1, 0.15) is 23.0 Å². The zero-order chi connectivity index (χ0) is 11.7. The Bertz CT molecular complexity index is 425. The molecule has 0 heterocycles. The van der Waals surface area contributed by atoms with Crippen LogP contribution in [0.3, 0.4) is 0 Å². The average Bonchev–Trinajstić information content (AvgIpc) is 2.29. The van der Waals surface area contributed by atoms with Crippen LogP contribution in [0.2, 0.25) is 0 Å². The number of phenols is 1. The molecular formula is C12H14O4. The summed E-state index contributed by atoms with van der Waals surface area (Å²) in [5, 5.41) is 9.88. The highest BCUT2D eigenvalue weighted by molar-refractivity contribution is 5.92. The topological polar surface area (TPSA) is 55.8 Å². The minimum atomic E-state index is -0.221. The largest absolute Gasteiger partial charge is 0.507 e. The van der Waals surface area contributed by atoms with Gasteiger partial charge in [-0.2, -0.15) is 0 Å². The van der Waals surface area contributed by atoms with Crippen LogP contribution in [0.5, 0.6) is 17.2 Å². The number of carbonyl (C=O) groups excluding carboxylic acids is 1. The molecule has 86 valence electrons. The zero-order valence-electron chi connectivity index (χ0n) is 9.32. The monoisotopic (exact) mass is 222 g/mol. The number of methoxy groups -OCH3 is 2. The molecule has 1 aliphatic carbocycles. The fourth-order valence-electron chi connectivity index (χ4n) is 1.94. The van der Waals surface area contributed by atoms with E-state index in [1.54, 1.807) is 6.07 Å². The molecule has 0 aliphatic heterocycles. The molecule has 4 nitrogen and oxygen atoms in total. The summed E-state index contributed by atoms with van der Waals surface area (Å²) in [7, 11) is 3.03. The van der Waals surface area contributed by atoms with Crippen LogP contribution < -0.4 is 9.47 Å². The Morgan fingerprint density at radius 2 is 2.06 bits per heavy atom. The van der Waals surface area contributed by atoms with Gasteiger partial charge in [0.15, 0.2) is 0 Å². The third-order valence-corrected chi connectivity index (χ3v) is 2.97. The van der Waals surface area contributed by atoms with Crippen LogP contribution in [-0.2, 0) is 4.79 Å². The number of benzene rings is 1. The maximum atomic E-state index is 11.4. The molecule has 0 spiro atoms. The molecule has 1 saturated carbocycles. The molecule has 0 bridgehead atoms. The molecule has 1 aromatic rings. The molecule has 1 aliphatic rings. The lowest BCUT2D eigenvalue weighted by Crippen LogP contribution is -2.23. The number of aromatic hydroxyl groups is 1. The summed E-state index contributed by atoms with van der Waals surface area (Å²) < 4.78 is 10.2. The van der Waals surface area contributed by atoms with Crippen molar-refractivity contribution < 1.29 is 19.4 Å². The van der Waals surface area contributed by atoms with E-state index in [1.807, 2.05) is 0 Å². The van der Waals surface area contributed by atoms with Gasteiger partial charge in [-0.3, -0.25) is 4.79 Å². The van der Waals surface area contributed by atoms with Gasteiger partial charge >= 0.3 is 0 Å². The van der Waals surface area contributed by atoms with Crippen molar-refractivity contribution in [3.05, 3.63) is 17.7 Å². The van der Waals surface area contributed by atoms with Crippen LogP contribution >= 0.6 is 0 Å². The maximum Gasteiger partial charge on any atom is 0.140 e. The molecule has 0 saturated heterocycles. The zero-order valence-corrected chi connectivity index (χ0v) is 9.32. The Kier molecular flexibility index (Phi) is 2.73. The summed E-state index contributed by atoms with van der Waals surface area (Å²) in [4.78, 5) is 11.4. The van der Waals surface area contributed by atoms with Gasteiger partial charge in [0, 0.05) is 24.1 Å². The fraction of sp³-hybridized carbons (Fsp3) is 0.417. The lowest BCUT2D eigenvalue weighted by Gasteiger charge is -2.26. The van der Waals surface area contributed by atoms with E-state index in [0.717, 1.165) is 6.42 Å². The van der Waals surface area contributed by atoms with E-state index in [2.05, 4.69) is 0 Å². The number of rotatable bonds is 3. The minimum absolute atomic E-state index is 0.0641. The predicted octanol–water partition coefficient (Wildman–Crippen LogP) is 1.86. The normalized spacial score (nSPS) is 19.1. The first kappa shape index (κ1) is 10.8. The second-order valence-corrected chi connectivity index (χ2v) is 3.82. The van der Waals surface area contributed by atoms with Crippen molar-refractivity contribution in [1.82, 2.24) is 0 Å². The summed E-state index contributed by atoms with van der Waals surface area (Å²) in [6.07, 6.45) is 1.36. The molecule has 1 unspecified atom stereocenters. The first-order valence-electron chi connectivity index (χ1n) is 5.15. The smallest absolute Gasteiger partial charge is 0.140 e. The first-order chi connectivity index (χ1) is 7.67. The molecule has 2 rings (SSSR count). The Hall–Kier alpha value is -1.71. The molecule has 0 amide bonds. The van der Waals surface area contributed by atoms with E-state index in [4.69, 9.17) is 9.47 Å². The van der Waals surface area contributed by atoms with Crippen LogP contribution in [0, 0.1) is 0 Å². The number of hydrogen-bond acceptors (Lipinski definition) is 4. The fourth-order valence-corrected chi connectivity index (χ4v) is 1.94. The van der Waals surface area contributed by atoms with Gasteiger partial charge in [-0.05, 0) is 6.42 Å². The molecule has 16 heavy (non-hydrogen) atoms. The van der Waals surface area contributed by atoms with E-state index in [1.165, 1.54) is 20.3 Å². The molecule has 1 atom stereocenters. The quantitative estimate of drug-likeness (QED) is 0.848. The van der Waals surface area contributed by atoms with E-state index in [9.17, 15) is 9.90 Å². The highest BCUT2D eigenvalue weighted by Crippen LogP contribution is 2.44. The van der Waals surface area contributed by atoms with E-state index in [-0.39, 0.29) is 17.5 Å². The summed E-state index contributed by atoms with van der Waals surface area (Å²) in [6.45, 7) is 0. The number of ketones is 1. The van der Waals surface area contributed by atoms with Gasteiger partial charge in [-0.25, -0.2) is 0 Å². The Morgan fingerprint density at radius 3 is 2.50 bits per heavy atom. The van der Waals surface area contributed by atoms with E-state index in [0.29, 0.717) is 23.5 Å². The molecule has 0 aromatic heterocycles. The molecule has 1 N–H and O–H groups in total. The third-order valence-electron chi connectivity index (χ3n) is 2.97. The van der Waals surface area contributed by atoms with Crippen LogP contribution in [0.1, 0.15) is 24.3 Å². The lowest BCUT2D eigenvalue weighted by atomic mass is 9.78. The van der Waals surface area contributed by atoms with Crippen molar-refractivity contribution in [1.29, 1.82) is 0 Å². The standard InChI is InChI=1S/C12H14O4/c1-15-7-5-10(14)12(11(6-7)16-2)8-3-4-9(8)13/h5-6,8,14H,3-4H2,1-2H3. The van der Waals surface area contributed by atoms with Crippen molar-refractivity contribution in [3.63, 3.8) is 0 Å². The Labute approximate surface area is 93.8 Å². The Balaban J connectivity index is 2.46. The van der Waals surface area contributed by atoms with Crippen molar-refractivity contribution in [2.24, 2.45) is 0 Å². The highest BCUT2D eigenvalue weighted by Gasteiger charge is 2.34. The maximum absolute atomic E-state index is 11.4. The summed E-state index contributed by atoms with van der Waals surface area (Å²) in [5.74, 6) is 1.02. The molecule has 0 radical (unpaired) electrons. The summed E-state index contributed by atoms with van der Waals surface area (Å²) >= 11 is 0. The molecule has 1 fully saturated rings. The van der Waals surface area contributed by atoms with Crippen molar-refractivity contribution in [2.45, 2.75) is 18.8 Å². The minimum Gasteiger partial charge on any atom is -0.507 e. The van der Waals surface area contributed by atoms with Crippen LogP contribution in [-0.4, -0.2) is 25.1 Å². The van der Waals surface area contributed by atoms with Crippen molar-refractivity contribution in [3.8, 4) is 17.2 Å². The van der Waals surface area contributed by atoms with Crippen LogP contribution in [0.4, 0.5) is 0 Å². The van der Waals surface area contributed by atoms with E-state index < -0.39 is 0 Å². The summed E-state index contributed by atoms with van der Waals surface area (Å²) in [6, 6.07) is 3.18. The number of Topliss-reactive ketones (excluding diaryl/α,β-unsaturated/α-hetero) is 1. The second kappa shape index (κ2) is 4.04. The number of carbonyl (C=O) groups is 1. The van der Waals surface area contributed by atoms with E-state index >= 15 is 0 Å². The second-order valence-electron chi connectivity index (χ2n) is 3.82. The van der Waals surface area contributed by atoms with Crippen molar-refractivity contribution >= 4 is 5.78 Å². The molecule has 1 aromatic carbocycles. The van der Waals surface area contributed by atoms with Gasteiger partial charge in [-0.1, -0.05) is 0 Å². The SMILES string of the molecule is COc1cc(O)c(C2CCC2=O)c(OC)c1. The molecule has 4 heteroatoms. The molecular weight excluding hydrogens is 208 g/mol. The van der Waals surface area contributed by atoms with Gasteiger partial charge in [0.05, 0.1) is 20.1 Å². The lowest BCUT2D eigenvalue weighted by molar-refractivity contribution is -0.125.